The molecule has 1 heterocycles. The third kappa shape index (κ3) is 2.83. The number of H-pyrrole nitrogens is 1. The molecule has 3 rings (SSSR count). The van der Waals surface area contributed by atoms with Crippen LogP contribution in [0, 0.1) is 12.7 Å². The average molecular weight is 317 g/mol. The van der Waals surface area contributed by atoms with Gasteiger partial charge in [-0.1, -0.05) is 17.7 Å². The molecule has 22 heavy (non-hydrogen) atoms. The van der Waals surface area contributed by atoms with E-state index in [-0.39, 0.29) is 18.1 Å². The number of rotatable bonds is 3. The summed E-state index contributed by atoms with van der Waals surface area (Å²) in [6.07, 6.45) is 1.94. The lowest BCUT2D eigenvalue weighted by Crippen LogP contribution is -2.15. The number of nitrogens with one attached hydrogen (secondary N) is 2. The second kappa shape index (κ2) is 5.81. The number of hydrogen-bond acceptors (Lipinski definition) is 1. The van der Waals surface area contributed by atoms with Crippen LogP contribution in [0.25, 0.3) is 10.9 Å². The number of anilines is 1. The molecule has 0 spiro atoms. The molecule has 3 nitrogen and oxygen atoms in total. The summed E-state index contributed by atoms with van der Waals surface area (Å²) in [4.78, 5) is 15.2. The molecule has 0 aliphatic rings. The van der Waals surface area contributed by atoms with Crippen molar-refractivity contribution < 1.29 is 9.18 Å². The standard InChI is InChI=1S/C17H14ClFN2O/c1-10-14(18)3-2-4-15(10)21-17(22)7-11-9-20-16-8-12(19)5-6-13(11)16/h2-6,8-9,20H,7H2,1H3,(H,21,22). The van der Waals surface area contributed by atoms with Crippen LogP contribution in [0.2, 0.25) is 5.02 Å². The second-order valence-corrected chi connectivity index (χ2v) is 5.55. The van der Waals surface area contributed by atoms with Crippen LogP contribution in [0.3, 0.4) is 0 Å². The molecule has 0 unspecified atom stereocenters. The number of aromatic nitrogens is 1. The number of carbonyl (C=O) groups excluding carboxylic acids is 1. The molecule has 1 amide bonds. The van der Waals surface area contributed by atoms with E-state index in [4.69, 9.17) is 11.6 Å². The highest BCUT2D eigenvalue weighted by Crippen LogP contribution is 2.24. The topological polar surface area (TPSA) is 44.9 Å². The highest BCUT2D eigenvalue weighted by molar-refractivity contribution is 6.31. The molecule has 0 saturated carbocycles. The van der Waals surface area contributed by atoms with E-state index in [0.29, 0.717) is 16.2 Å². The summed E-state index contributed by atoms with van der Waals surface area (Å²) < 4.78 is 13.2. The molecule has 0 aliphatic heterocycles. The Morgan fingerprint density at radius 3 is 2.95 bits per heavy atom. The number of amides is 1. The van der Waals surface area contributed by atoms with Crippen molar-refractivity contribution in [3.05, 3.63) is 64.6 Å². The summed E-state index contributed by atoms with van der Waals surface area (Å²) in [5.74, 6) is -0.449. The molecule has 1 aromatic heterocycles. The zero-order valence-corrected chi connectivity index (χ0v) is 12.7. The van der Waals surface area contributed by atoms with Crippen molar-refractivity contribution in [3.8, 4) is 0 Å². The molecule has 0 fully saturated rings. The molecular formula is C17H14ClFN2O. The summed E-state index contributed by atoms with van der Waals surface area (Å²) in [7, 11) is 0. The van der Waals surface area contributed by atoms with Crippen molar-refractivity contribution >= 4 is 34.1 Å². The minimum Gasteiger partial charge on any atom is -0.361 e. The van der Waals surface area contributed by atoms with E-state index in [1.54, 1.807) is 24.4 Å². The fourth-order valence-corrected chi connectivity index (χ4v) is 2.59. The van der Waals surface area contributed by atoms with Crippen molar-refractivity contribution in [1.29, 1.82) is 0 Å². The smallest absolute Gasteiger partial charge is 0.228 e. The third-order valence-electron chi connectivity index (χ3n) is 3.62. The molecule has 5 heteroatoms. The Bertz CT molecular complexity index is 857. The van der Waals surface area contributed by atoms with Crippen LogP contribution in [0.5, 0.6) is 0 Å². The number of aromatic amines is 1. The first-order valence-corrected chi connectivity index (χ1v) is 7.23. The van der Waals surface area contributed by atoms with Gasteiger partial charge >= 0.3 is 0 Å². The normalized spacial score (nSPS) is 10.9. The average Bonchev–Trinajstić information content (AvgIpc) is 2.86. The van der Waals surface area contributed by atoms with E-state index in [1.807, 2.05) is 13.0 Å². The first-order chi connectivity index (χ1) is 10.5. The van der Waals surface area contributed by atoms with Gasteiger partial charge in [-0.3, -0.25) is 4.79 Å². The Labute approximate surface area is 132 Å². The molecule has 2 N–H and O–H groups in total. The van der Waals surface area contributed by atoms with Crippen molar-refractivity contribution in [2.75, 3.05) is 5.32 Å². The highest BCUT2D eigenvalue weighted by Gasteiger charge is 2.11. The molecule has 0 saturated heterocycles. The summed E-state index contributed by atoms with van der Waals surface area (Å²) >= 11 is 6.04. The largest absolute Gasteiger partial charge is 0.361 e. The molecule has 112 valence electrons. The molecule has 0 radical (unpaired) electrons. The Morgan fingerprint density at radius 2 is 2.14 bits per heavy atom. The van der Waals surface area contributed by atoms with Crippen LogP contribution in [0.4, 0.5) is 10.1 Å². The Hall–Kier alpha value is -2.33. The maximum Gasteiger partial charge on any atom is 0.228 e. The van der Waals surface area contributed by atoms with Gasteiger partial charge in [0.25, 0.3) is 0 Å². The van der Waals surface area contributed by atoms with Crippen LogP contribution in [0.15, 0.2) is 42.6 Å². The Kier molecular flexibility index (Phi) is 3.86. The second-order valence-electron chi connectivity index (χ2n) is 5.14. The quantitative estimate of drug-likeness (QED) is 0.736. The van der Waals surface area contributed by atoms with E-state index in [1.165, 1.54) is 12.1 Å². The van der Waals surface area contributed by atoms with E-state index in [9.17, 15) is 9.18 Å². The van der Waals surface area contributed by atoms with Crippen molar-refractivity contribution in [1.82, 2.24) is 4.98 Å². The minimum atomic E-state index is -0.306. The van der Waals surface area contributed by atoms with Crippen LogP contribution < -0.4 is 5.32 Å². The molecule has 2 aromatic carbocycles. The number of benzene rings is 2. The minimum absolute atomic E-state index is 0.143. The van der Waals surface area contributed by atoms with Crippen LogP contribution in [-0.2, 0) is 11.2 Å². The lowest BCUT2D eigenvalue weighted by Gasteiger charge is -2.09. The summed E-state index contributed by atoms with van der Waals surface area (Å²) in [6.45, 7) is 1.85. The number of carbonyl (C=O) groups is 1. The lowest BCUT2D eigenvalue weighted by molar-refractivity contribution is -0.115. The third-order valence-corrected chi connectivity index (χ3v) is 4.03. The fourth-order valence-electron chi connectivity index (χ4n) is 2.42. The molecule has 0 bridgehead atoms. The lowest BCUT2D eigenvalue weighted by atomic mass is 10.1. The van der Waals surface area contributed by atoms with Gasteiger partial charge in [0.05, 0.1) is 6.42 Å². The molecule has 0 aliphatic carbocycles. The van der Waals surface area contributed by atoms with Gasteiger partial charge in [0, 0.05) is 27.8 Å². The predicted molar refractivity (Wildman–Crippen MR) is 86.8 cm³/mol. The van der Waals surface area contributed by atoms with Gasteiger partial charge in [0.2, 0.25) is 5.91 Å². The predicted octanol–water partition coefficient (Wildman–Crippen LogP) is 4.45. The van der Waals surface area contributed by atoms with Crippen molar-refractivity contribution in [2.45, 2.75) is 13.3 Å². The first kappa shape index (κ1) is 14.6. The van der Waals surface area contributed by atoms with Gasteiger partial charge in [-0.05, 0) is 48.4 Å². The van der Waals surface area contributed by atoms with E-state index >= 15 is 0 Å². The van der Waals surface area contributed by atoms with Gasteiger partial charge in [0.1, 0.15) is 5.82 Å². The maximum atomic E-state index is 13.2. The Balaban J connectivity index is 1.80. The highest BCUT2D eigenvalue weighted by atomic mass is 35.5. The van der Waals surface area contributed by atoms with Crippen molar-refractivity contribution in [3.63, 3.8) is 0 Å². The summed E-state index contributed by atoms with van der Waals surface area (Å²) in [5.41, 5.74) is 3.04. The molecule has 3 aromatic rings. The zero-order chi connectivity index (χ0) is 15.7. The maximum absolute atomic E-state index is 13.2. The van der Waals surface area contributed by atoms with E-state index in [0.717, 1.165) is 16.5 Å². The first-order valence-electron chi connectivity index (χ1n) is 6.85. The van der Waals surface area contributed by atoms with Gasteiger partial charge < -0.3 is 10.3 Å². The van der Waals surface area contributed by atoms with Crippen LogP contribution >= 0.6 is 11.6 Å². The number of hydrogen-bond donors (Lipinski definition) is 2. The van der Waals surface area contributed by atoms with Gasteiger partial charge in [-0.15, -0.1) is 0 Å². The monoisotopic (exact) mass is 316 g/mol. The molecule has 0 atom stereocenters. The van der Waals surface area contributed by atoms with Gasteiger partial charge in [-0.25, -0.2) is 4.39 Å². The summed E-state index contributed by atoms with van der Waals surface area (Å²) in [5, 5.41) is 4.31. The van der Waals surface area contributed by atoms with Gasteiger partial charge in [0.15, 0.2) is 0 Å². The number of fused-ring (bicyclic) bond motifs is 1. The molecular weight excluding hydrogens is 303 g/mol. The Morgan fingerprint density at radius 1 is 1.32 bits per heavy atom. The summed E-state index contributed by atoms with van der Waals surface area (Å²) in [6, 6.07) is 9.86. The number of halogens is 2. The van der Waals surface area contributed by atoms with Crippen LogP contribution in [0.1, 0.15) is 11.1 Å². The SMILES string of the molecule is Cc1c(Cl)cccc1NC(=O)Cc1c[nH]c2cc(F)ccc12. The fraction of sp³-hybridized carbons (Fsp3) is 0.118. The van der Waals surface area contributed by atoms with Crippen LogP contribution in [-0.4, -0.2) is 10.9 Å². The van der Waals surface area contributed by atoms with E-state index < -0.39 is 0 Å². The van der Waals surface area contributed by atoms with E-state index in [2.05, 4.69) is 10.3 Å². The zero-order valence-electron chi connectivity index (χ0n) is 11.9. The van der Waals surface area contributed by atoms with Gasteiger partial charge in [-0.2, -0.15) is 0 Å². The van der Waals surface area contributed by atoms with Crippen molar-refractivity contribution in [2.24, 2.45) is 0 Å².